The molecular formula is C20H38O2. The third-order valence-electron chi connectivity index (χ3n) is 5.77. The molecule has 1 aliphatic rings. The van der Waals surface area contributed by atoms with Crippen molar-refractivity contribution in [3.63, 3.8) is 0 Å². The van der Waals surface area contributed by atoms with Gasteiger partial charge in [-0.15, -0.1) is 0 Å². The Hall–Kier alpha value is -0.530. The van der Waals surface area contributed by atoms with Gasteiger partial charge in [0, 0.05) is 0 Å². The molecule has 0 bridgehead atoms. The van der Waals surface area contributed by atoms with Gasteiger partial charge in [0.25, 0.3) is 0 Å². The molecule has 0 saturated heterocycles. The Labute approximate surface area is 138 Å². The average molecular weight is 311 g/mol. The lowest BCUT2D eigenvalue weighted by Gasteiger charge is -2.41. The molecule has 1 fully saturated rings. The third-order valence-corrected chi connectivity index (χ3v) is 5.77. The Kier molecular flexibility index (Phi) is 6.53. The van der Waals surface area contributed by atoms with E-state index < -0.39 is 0 Å². The van der Waals surface area contributed by atoms with Crippen LogP contribution in [0.15, 0.2) is 0 Å². The van der Waals surface area contributed by atoms with Crippen LogP contribution < -0.4 is 0 Å². The summed E-state index contributed by atoms with van der Waals surface area (Å²) in [6.45, 7) is 15.4. The summed E-state index contributed by atoms with van der Waals surface area (Å²) in [5.74, 6) is 0.0191. The largest absolute Gasteiger partial charge is 0.459 e. The van der Waals surface area contributed by atoms with E-state index in [0.29, 0.717) is 0 Å². The number of rotatable bonds is 6. The highest BCUT2D eigenvalue weighted by Crippen LogP contribution is 2.41. The Morgan fingerprint density at radius 2 is 1.59 bits per heavy atom. The second kappa shape index (κ2) is 7.36. The van der Waals surface area contributed by atoms with Gasteiger partial charge in [-0.3, -0.25) is 4.79 Å². The van der Waals surface area contributed by atoms with Crippen molar-refractivity contribution in [1.82, 2.24) is 0 Å². The van der Waals surface area contributed by atoms with E-state index in [9.17, 15) is 4.79 Å². The van der Waals surface area contributed by atoms with E-state index in [1.54, 1.807) is 0 Å². The predicted molar refractivity (Wildman–Crippen MR) is 93.8 cm³/mol. The molecule has 1 atom stereocenters. The highest BCUT2D eigenvalue weighted by Gasteiger charge is 2.41. The molecular weight excluding hydrogens is 272 g/mol. The molecule has 1 saturated carbocycles. The number of esters is 1. The van der Waals surface area contributed by atoms with Crippen LogP contribution in [0.25, 0.3) is 0 Å². The monoisotopic (exact) mass is 310 g/mol. The Morgan fingerprint density at radius 3 is 2.00 bits per heavy atom. The van der Waals surface area contributed by atoms with Crippen LogP contribution in [0.2, 0.25) is 0 Å². The summed E-state index contributed by atoms with van der Waals surface area (Å²) in [5.41, 5.74) is -0.0504. The van der Waals surface area contributed by atoms with Crippen molar-refractivity contribution in [2.45, 2.75) is 105 Å². The fraction of sp³-hybridized carbons (Fsp3) is 0.950. The van der Waals surface area contributed by atoms with Gasteiger partial charge in [-0.25, -0.2) is 0 Å². The van der Waals surface area contributed by atoms with Gasteiger partial charge in [0.05, 0.1) is 5.92 Å². The molecule has 0 aliphatic heterocycles. The van der Waals surface area contributed by atoms with Crippen molar-refractivity contribution < 1.29 is 9.53 Å². The summed E-state index contributed by atoms with van der Waals surface area (Å²) < 4.78 is 6.17. The minimum Gasteiger partial charge on any atom is -0.459 e. The molecule has 1 aliphatic carbocycles. The molecule has 0 radical (unpaired) electrons. The van der Waals surface area contributed by atoms with Gasteiger partial charge in [0.15, 0.2) is 0 Å². The van der Waals surface area contributed by atoms with Gasteiger partial charge < -0.3 is 4.74 Å². The number of ether oxygens (including phenoxy) is 1. The molecule has 0 amide bonds. The maximum absolute atomic E-state index is 13.0. The summed E-state index contributed by atoms with van der Waals surface area (Å²) in [4.78, 5) is 13.0. The third kappa shape index (κ3) is 5.28. The summed E-state index contributed by atoms with van der Waals surface area (Å²) in [7, 11) is 0. The van der Waals surface area contributed by atoms with Crippen molar-refractivity contribution in [2.75, 3.05) is 0 Å². The average Bonchev–Trinajstić information content (AvgIpc) is 2.44. The SMILES string of the molecule is CCC(C)(C)CC(C(=O)OC1(CC)CCCCC1)C(C)(C)C. The minimum atomic E-state index is -0.185. The zero-order chi connectivity index (χ0) is 17.0. The van der Waals surface area contributed by atoms with Gasteiger partial charge in [-0.2, -0.15) is 0 Å². The fourth-order valence-corrected chi connectivity index (χ4v) is 3.45. The first-order valence-corrected chi connectivity index (χ1v) is 9.28. The van der Waals surface area contributed by atoms with Crippen LogP contribution in [0.5, 0.6) is 0 Å². The first-order valence-electron chi connectivity index (χ1n) is 9.28. The molecule has 130 valence electrons. The van der Waals surface area contributed by atoms with E-state index in [-0.39, 0.29) is 28.3 Å². The van der Waals surface area contributed by atoms with Crippen LogP contribution >= 0.6 is 0 Å². The van der Waals surface area contributed by atoms with Gasteiger partial charge >= 0.3 is 5.97 Å². The molecule has 22 heavy (non-hydrogen) atoms. The molecule has 2 heteroatoms. The van der Waals surface area contributed by atoms with E-state index in [1.165, 1.54) is 19.3 Å². The van der Waals surface area contributed by atoms with E-state index >= 15 is 0 Å². The Balaban J connectivity index is 2.88. The number of hydrogen-bond donors (Lipinski definition) is 0. The molecule has 0 aromatic heterocycles. The molecule has 0 heterocycles. The molecule has 0 aromatic carbocycles. The highest BCUT2D eigenvalue weighted by atomic mass is 16.6. The lowest BCUT2D eigenvalue weighted by atomic mass is 9.70. The smallest absolute Gasteiger partial charge is 0.310 e. The Bertz CT molecular complexity index is 356. The highest BCUT2D eigenvalue weighted by molar-refractivity contribution is 5.74. The summed E-state index contributed by atoms with van der Waals surface area (Å²) >= 11 is 0. The summed E-state index contributed by atoms with van der Waals surface area (Å²) in [6.07, 6.45) is 8.71. The number of carbonyl (C=O) groups excluding carboxylic acids is 1. The van der Waals surface area contributed by atoms with Crippen molar-refractivity contribution in [3.8, 4) is 0 Å². The number of carbonyl (C=O) groups is 1. The first kappa shape index (κ1) is 19.5. The predicted octanol–water partition coefficient (Wildman–Crippen LogP) is 6.13. The van der Waals surface area contributed by atoms with Crippen LogP contribution in [0.4, 0.5) is 0 Å². The van der Waals surface area contributed by atoms with E-state index in [1.807, 2.05) is 0 Å². The normalized spacial score (nSPS) is 20.5. The zero-order valence-electron chi connectivity index (χ0n) is 16.1. The van der Waals surface area contributed by atoms with E-state index in [4.69, 9.17) is 4.74 Å². The molecule has 0 N–H and O–H groups in total. The van der Waals surface area contributed by atoms with Crippen LogP contribution in [0.1, 0.15) is 99.8 Å². The zero-order valence-corrected chi connectivity index (χ0v) is 16.1. The molecule has 2 nitrogen and oxygen atoms in total. The van der Waals surface area contributed by atoms with Crippen molar-refractivity contribution in [2.24, 2.45) is 16.7 Å². The van der Waals surface area contributed by atoms with Crippen LogP contribution in [0.3, 0.4) is 0 Å². The second-order valence-corrected chi connectivity index (χ2v) is 9.16. The summed E-state index contributed by atoms with van der Waals surface area (Å²) in [5, 5.41) is 0. The molecule has 1 rings (SSSR count). The van der Waals surface area contributed by atoms with Crippen molar-refractivity contribution in [1.29, 1.82) is 0 Å². The quantitative estimate of drug-likeness (QED) is 0.551. The molecule has 1 unspecified atom stereocenters. The van der Waals surface area contributed by atoms with Crippen LogP contribution in [-0.4, -0.2) is 11.6 Å². The van der Waals surface area contributed by atoms with Gasteiger partial charge in [0.2, 0.25) is 0 Å². The first-order chi connectivity index (χ1) is 10.1. The minimum absolute atomic E-state index is 0.0206. The maximum Gasteiger partial charge on any atom is 0.310 e. The van der Waals surface area contributed by atoms with Crippen LogP contribution in [0, 0.1) is 16.7 Å². The lowest BCUT2D eigenvalue weighted by Crippen LogP contribution is -2.42. The number of hydrogen-bond acceptors (Lipinski definition) is 2. The molecule has 0 spiro atoms. The topological polar surface area (TPSA) is 26.3 Å². The van der Waals surface area contributed by atoms with Gasteiger partial charge in [-0.05, 0) is 49.4 Å². The van der Waals surface area contributed by atoms with Gasteiger partial charge in [-0.1, -0.05) is 61.3 Å². The Morgan fingerprint density at radius 1 is 1.05 bits per heavy atom. The standard InChI is InChI=1S/C20H38O2/c1-8-19(6,7)15-16(18(3,4)5)17(21)22-20(9-2)13-11-10-12-14-20/h16H,8-15H2,1-7H3. The lowest BCUT2D eigenvalue weighted by molar-refractivity contribution is -0.174. The summed E-state index contributed by atoms with van der Waals surface area (Å²) in [6, 6.07) is 0. The van der Waals surface area contributed by atoms with Crippen molar-refractivity contribution in [3.05, 3.63) is 0 Å². The van der Waals surface area contributed by atoms with Crippen LogP contribution in [-0.2, 0) is 9.53 Å². The van der Waals surface area contributed by atoms with Gasteiger partial charge in [0.1, 0.15) is 5.60 Å². The maximum atomic E-state index is 13.0. The van der Waals surface area contributed by atoms with Crippen molar-refractivity contribution >= 4 is 5.97 Å². The molecule has 0 aromatic rings. The second-order valence-electron chi connectivity index (χ2n) is 9.16. The van der Waals surface area contributed by atoms with E-state index in [0.717, 1.165) is 32.1 Å². The fourth-order valence-electron chi connectivity index (χ4n) is 3.45. The van der Waals surface area contributed by atoms with E-state index in [2.05, 4.69) is 48.5 Å².